The molecule has 3 nitrogen and oxygen atoms in total. The zero-order valence-electron chi connectivity index (χ0n) is 8.91. The van der Waals surface area contributed by atoms with Gasteiger partial charge in [-0.2, -0.15) is 0 Å². The van der Waals surface area contributed by atoms with Crippen LogP contribution in [0.1, 0.15) is 6.42 Å². The minimum Gasteiger partial charge on any atom is -0.384 e. The van der Waals surface area contributed by atoms with Crippen molar-refractivity contribution in [1.29, 1.82) is 0 Å². The van der Waals surface area contributed by atoms with Crippen LogP contribution in [0.2, 0.25) is 0 Å². The first kappa shape index (κ1) is 11.4. The first-order valence-electron chi connectivity index (χ1n) is 5.29. The predicted molar refractivity (Wildman–Crippen MR) is 71.6 cm³/mol. The van der Waals surface area contributed by atoms with E-state index in [1.807, 2.05) is 24.4 Å². The van der Waals surface area contributed by atoms with E-state index in [4.69, 9.17) is 5.73 Å². The van der Waals surface area contributed by atoms with Crippen LogP contribution in [0.5, 0.6) is 0 Å². The maximum atomic E-state index is 5.47. The molecule has 0 aliphatic rings. The SMILES string of the molecule is NCCCNc1ccnc2ccc(Br)cc12. The Bertz CT molecular complexity index is 485. The number of nitrogens with two attached hydrogens (primary N) is 1. The lowest BCUT2D eigenvalue weighted by Crippen LogP contribution is -2.08. The van der Waals surface area contributed by atoms with Gasteiger partial charge in [-0.1, -0.05) is 15.9 Å². The Balaban J connectivity index is 2.32. The van der Waals surface area contributed by atoms with E-state index in [2.05, 4.69) is 32.3 Å². The standard InChI is InChI=1S/C12H14BrN3/c13-9-2-3-11-10(8-9)12(4-7-16-11)15-6-1-5-14/h2-4,7-8H,1,5-6,14H2,(H,15,16). The Morgan fingerprint density at radius 2 is 2.19 bits per heavy atom. The van der Waals surface area contributed by atoms with Gasteiger partial charge < -0.3 is 11.1 Å². The van der Waals surface area contributed by atoms with Gasteiger partial charge in [-0.15, -0.1) is 0 Å². The maximum Gasteiger partial charge on any atom is 0.0723 e. The van der Waals surface area contributed by atoms with Crippen molar-refractivity contribution in [2.24, 2.45) is 5.73 Å². The van der Waals surface area contributed by atoms with Crippen LogP contribution >= 0.6 is 15.9 Å². The second-order valence-electron chi connectivity index (χ2n) is 3.59. The van der Waals surface area contributed by atoms with Gasteiger partial charge in [0.25, 0.3) is 0 Å². The molecule has 1 aromatic carbocycles. The molecular weight excluding hydrogens is 266 g/mol. The Morgan fingerprint density at radius 3 is 3.00 bits per heavy atom. The fourth-order valence-corrected chi connectivity index (χ4v) is 1.96. The molecular formula is C12H14BrN3. The van der Waals surface area contributed by atoms with Gasteiger partial charge in [-0.25, -0.2) is 0 Å². The predicted octanol–water partition coefficient (Wildman–Crippen LogP) is 2.76. The number of hydrogen-bond acceptors (Lipinski definition) is 3. The van der Waals surface area contributed by atoms with E-state index in [0.29, 0.717) is 6.54 Å². The maximum absolute atomic E-state index is 5.47. The number of aromatic nitrogens is 1. The zero-order valence-corrected chi connectivity index (χ0v) is 10.5. The summed E-state index contributed by atoms with van der Waals surface area (Å²) >= 11 is 3.47. The highest BCUT2D eigenvalue weighted by atomic mass is 79.9. The van der Waals surface area contributed by atoms with Crippen LogP contribution in [0.25, 0.3) is 10.9 Å². The first-order chi connectivity index (χ1) is 7.81. The molecule has 0 bridgehead atoms. The normalized spacial score (nSPS) is 10.6. The van der Waals surface area contributed by atoms with Crippen molar-refractivity contribution >= 4 is 32.5 Å². The average molecular weight is 280 g/mol. The van der Waals surface area contributed by atoms with Crippen molar-refractivity contribution in [2.45, 2.75) is 6.42 Å². The highest BCUT2D eigenvalue weighted by Gasteiger charge is 2.01. The summed E-state index contributed by atoms with van der Waals surface area (Å²) in [4.78, 5) is 4.33. The van der Waals surface area contributed by atoms with Gasteiger partial charge in [0, 0.05) is 28.3 Å². The molecule has 1 aromatic heterocycles. The van der Waals surface area contributed by atoms with Gasteiger partial charge in [0.1, 0.15) is 0 Å². The van der Waals surface area contributed by atoms with Crippen molar-refractivity contribution < 1.29 is 0 Å². The summed E-state index contributed by atoms with van der Waals surface area (Å²) in [6, 6.07) is 8.07. The molecule has 2 rings (SSSR count). The number of anilines is 1. The fourth-order valence-electron chi connectivity index (χ4n) is 1.60. The molecule has 84 valence electrons. The Labute approximate surface area is 103 Å². The summed E-state index contributed by atoms with van der Waals surface area (Å²) in [5.74, 6) is 0. The lowest BCUT2D eigenvalue weighted by atomic mass is 10.2. The topological polar surface area (TPSA) is 50.9 Å². The van der Waals surface area contributed by atoms with Gasteiger partial charge in [0.2, 0.25) is 0 Å². The smallest absolute Gasteiger partial charge is 0.0723 e. The Hall–Kier alpha value is -1.13. The number of nitrogens with one attached hydrogen (secondary N) is 1. The summed E-state index contributed by atoms with van der Waals surface area (Å²) in [5, 5.41) is 4.51. The van der Waals surface area contributed by atoms with E-state index in [9.17, 15) is 0 Å². The molecule has 2 aromatic rings. The molecule has 0 atom stereocenters. The number of nitrogens with zero attached hydrogens (tertiary/aromatic N) is 1. The molecule has 4 heteroatoms. The van der Waals surface area contributed by atoms with Crippen molar-refractivity contribution in [3.63, 3.8) is 0 Å². The van der Waals surface area contributed by atoms with Gasteiger partial charge in [-0.3, -0.25) is 4.98 Å². The molecule has 3 N–H and O–H groups in total. The van der Waals surface area contributed by atoms with Crippen molar-refractivity contribution in [3.8, 4) is 0 Å². The average Bonchev–Trinajstić information content (AvgIpc) is 2.30. The zero-order chi connectivity index (χ0) is 11.4. The molecule has 0 aliphatic carbocycles. The van der Waals surface area contributed by atoms with E-state index in [1.165, 1.54) is 0 Å². The van der Waals surface area contributed by atoms with E-state index < -0.39 is 0 Å². The molecule has 0 saturated carbocycles. The number of halogens is 1. The third kappa shape index (κ3) is 2.51. The summed E-state index contributed by atoms with van der Waals surface area (Å²) < 4.78 is 1.06. The van der Waals surface area contributed by atoms with Crippen LogP contribution in [0.4, 0.5) is 5.69 Å². The third-order valence-electron chi connectivity index (χ3n) is 2.40. The second kappa shape index (κ2) is 5.27. The summed E-state index contributed by atoms with van der Waals surface area (Å²) in [7, 11) is 0. The lowest BCUT2D eigenvalue weighted by molar-refractivity contribution is 0.875. The highest BCUT2D eigenvalue weighted by Crippen LogP contribution is 2.24. The molecule has 16 heavy (non-hydrogen) atoms. The number of rotatable bonds is 4. The van der Waals surface area contributed by atoms with Crippen LogP contribution in [0.3, 0.4) is 0 Å². The second-order valence-corrected chi connectivity index (χ2v) is 4.50. The van der Waals surface area contributed by atoms with Crippen LogP contribution in [-0.4, -0.2) is 18.1 Å². The first-order valence-corrected chi connectivity index (χ1v) is 6.09. The molecule has 0 amide bonds. The van der Waals surface area contributed by atoms with E-state index >= 15 is 0 Å². The quantitative estimate of drug-likeness (QED) is 0.847. The van der Waals surface area contributed by atoms with Crippen molar-refractivity contribution in [3.05, 3.63) is 34.9 Å². The van der Waals surface area contributed by atoms with Crippen LogP contribution < -0.4 is 11.1 Å². The number of benzene rings is 1. The molecule has 0 fully saturated rings. The number of hydrogen-bond donors (Lipinski definition) is 2. The van der Waals surface area contributed by atoms with E-state index in [1.54, 1.807) is 0 Å². The summed E-state index contributed by atoms with van der Waals surface area (Å²) in [6.07, 6.45) is 2.79. The lowest BCUT2D eigenvalue weighted by Gasteiger charge is -2.08. The van der Waals surface area contributed by atoms with Crippen molar-refractivity contribution in [2.75, 3.05) is 18.4 Å². The van der Waals surface area contributed by atoms with Crippen molar-refractivity contribution in [1.82, 2.24) is 4.98 Å². The van der Waals surface area contributed by atoms with Crippen LogP contribution in [0, 0.1) is 0 Å². The number of fused-ring (bicyclic) bond motifs is 1. The largest absolute Gasteiger partial charge is 0.384 e. The highest BCUT2D eigenvalue weighted by molar-refractivity contribution is 9.10. The van der Waals surface area contributed by atoms with Gasteiger partial charge >= 0.3 is 0 Å². The summed E-state index contributed by atoms with van der Waals surface area (Å²) in [5.41, 5.74) is 7.58. The molecule has 1 heterocycles. The third-order valence-corrected chi connectivity index (χ3v) is 2.89. The molecule has 0 saturated heterocycles. The van der Waals surface area contributed by atoms with Gasteiger partial charge in [0.05, 0.1) is 5.52 Å². The molecule has 0 spiro atoms. The monoisotopic (exact) mass is 279 g/mol. The van der Waals surface area contributed by atoms with Crippen LogP contribution in [-0.2, 0) is 0 Å². The van der Waals surface area contributed by atoms with E-state index in [0.717, 1.165) is 34.0 Å². The Morgan fingerprint density at radius 1 is 1.31 bits per heavy atom. The fraction of sp³-hybridized carbons (Fsp3) is 0.250. The Kier molecular flexibility index (Phi) is 3.74. The minimum absolute atomic E-state index is 0.708. The molecule has 0 unspecified atom stereocenters. The molecule has 0 radical (unpaired) electrons. The minimum atomic E-state index is 0.708. The summed E-state index contributed by atoms with van der Waals surface area (Å²) in [6.45, 7) is 1.60. The van der Waals surface area contributed by atoms with E-state index in [-0.39, 0.29) is 0 Å². The van der Waals surface area contributed by atoms with Gasteiger partial charge in [0.15, 0.2) is 0 Å². The van der Waals surface area contributed by atoms with Gasteiger partial charge in [-0.05, 0) is 37.2 Å². The molecule has 0 aliphatic heterocycles. The van der Waals surface area contributed by atoms with Crippen LogP contribution in [0.15, 0.2) is 34.9 Å². The number of pyridine rings is 1.